The van der Waals surface area contributed by atoms with Gasteiger partial charge in [0, 0.05) is 11.6 Å². The van der Waals surface area contributed by atoms with Gasteiger partial charge in [0.05, 0.1) is 6.10 Å². The van der Waals surface area contributed by atoms with Crippen LogP contribution in [0.2, 0.25) is 0 Å². The van der Waals surface area contributed by atoms with Crippen molar-refractivity contribution in [2.75, 3.05) is 6.54 Å². The molecular formula is C12H17F2NO. The predicted molar refractivity (Wildman–Crippen MR) is 59.1 cm³/mol. The fourth-order valence-electron chi connectivity index (χ4n) is 1.54. The SMILES string of the molecule is CC(O)CCNC(C)c1c(F)cccc1F. The molecule has 0 heterocycles. The molecule has 0 spiro atoms. The Morgan fingerprint density at radius 2 is 1.81 bits per heavy atom. The van der Waals surface area contributed by atoms with Crippen LogP contribution in [0.3, 0.4) is 0 Å². The van der Waals surface area contributed by atoms with E-state index in [9.17, 15) is 8.78 Å². The second kappa shape index (κ2) is 5.92. The zero-order valence-electron chi connectivity index (χ0n) is 9.50. The number of benzene rings is 1. The average molecular weight is 229 g/mol. The number of aliphatic hydroxyl groups is 1. The fourth-order valence-corrected chi connectivity index (χ4v) is 1.54. The molecule has 0 aliphatic heterocycles. The average Bonchev–Trinajstić information content (AvgIpc) is 2.16. The third-order valence-corrected chi connectivity index (χ3v) is 2.45. The largest absolute Gasteiger partial charge is 0.393 e. The van der Waals surface area contributed by atoms with Gasteiger partial charge in [0.25, 0.3) is 0 Å². The molecule has 2 atom stereocenters. The van der Waals surface area contributed by atoms with Gasteiger partial charge in [-0.3, -0.25) is 0 Å². The van der Waals surface area contributed by atoms with E-state index in [1.54, 1.807) is 13.8 Å². The van der Waals surface area contributed by atoms with E-state index < -0.39 is 23.8 Å². The Morgan fingerprint density at radius 1 is 1.25 bits per heavy atom. The van der Waals surface area contributed by atoms with Crippen molar-refractivity contribution in [2.45, 2.75) is 32.4 Å². The number of halogens is 2. The van der Waals surface area contributed by atoms with Crippen molar-refractivity contribution in [3.8, 4) is 0 Å². The zero-order chi connectivity index (χ0) is 12.1. The first kappa shape index (κ1) is 13.1. The normalized spacial score (nSPS) is 14.8. The van der Waals surface area contributed by atoms with Gasteiger partial charge in [0.15, 0.2) is 0 Å². The van der Waals surface area contributed by atoms with Crippen LogP contribution in [0.15, 0.2) is 18.2 Å². The van der Waals surface area contributed by atoms with Crippen LogP contribution in [0.5, 0.6) is 0 Å². The molecule has 0 fully saturated rings. The number of aliphatic hydroxyl groups excluding tert-OH is 1. The van der Waals surface area contributed by atoms with Gasteiger partial charge in [-0.05, 0) is 38.9 Å². The van der Waals surface area contributed by atoms with E-state index >= 15 is 0 Å². The van der Waals surface area contributed by atoms with Crippen LogP contribution >= 0.6 is 0 Å². The molecule has 0 bridgehead atoms. The predicted octanol–water partition coefficient (Wildman–Crippen LogP) is 2.39. The summed E-state index contributed by atoms with van der Waals surface area (Å²) in [4.78, 5) is 0. The Bertz CT molecular complexity index is 322. The van der Waals surface area contributed by atoms with Crippen LogP contribution in [0, 0.1) is 11.6 Å². The highest BCUT2D eigenvalue weighted by molar-refractivity contribution is 5.22. The van der Waals surface area contributed by atoms with Crippen LogP contribution in [0.25, 0.3) is 0 Å². The van der Waals surface area contributed by atoms with Gasteiger partial charge in [0.1, 0.15) is 11.6 Å². The molecule has 0 aliphatic carbocycles. The molecule has 0 amide bonds. The van der Waals surface area contributed by atoms with Gasteiger partial charge in [-0.15, -0.1) is 0 Å². The third-order valence-electron chi connectivity index (χ3n) is 2.45. The molecule has 0 radical (unpaired) electrons. The van der Waals surface area contributed by atoms with Gasteiger partial charge in [-0.2, -0.15) is 0 Å². The monoisotopic (exact) mass is 229 g/mol. The maximum atomic E-state index is 13.4. The van der Waals surface area contributed by atoms with Gasteiger partial charge < -0.3 is 10.4 Å². The Hall–Kier alpha value is -1.00. The fraction of sp³-hybridized carbons (Fsp3) is 0.500. The molecule has 0 aromatic heterocycles. The first-order valence-corrected chi connectivity index (χ1v) is 5.37. The molecule has 0 saturated heterocycles. The minimum absolute atomic E-state index is 0.0492. The zero-order valence-corrected chi connectivity index (χ0v) is 9.50. The Balaban J connectivity index is 2.62. The molecule has 2 nitrogen and oxygen atoms in total. The number of nitrogens with one attached hydrogen (secondary N) is 1. The van der Waals surface area contributed by atoms with Crippen molar-refractivity contribution >= 4 is 0 Å². The molecule has 1 aromatic carbocycles. The summed E-state index contributed by atoms with van der Waals surface area (Å²) in [5.74, 6) is -1.09. The van der Waals surface area contributed by atoms with E-state index in [1.165, 1.54) is 18.2 Å². The summed E-state index contributed by atoms with van der Waals surface area (Å²) in [5.41, 5.74) is 0.0492. The van der Waals surface area contributed by atoms with Crippen molar-refractivity contribution in [1.82, 2.24) is 5.32 Å². The summed E-state index contributed by atoms with van der Waals surface area (Å²) in [5, 5.41) is 12.0. The lowest BCUT2D eigenvalue weighted by atomic mass is 10.1. The first-order chi connectivity index (χ1) is 7.52. The van der Waals surface area contributed by atoms with E-state index in [0.717, 1.165) is 0 Å². The number of hydrogen-bond donors (Lipinski definition) is 2. The molecular weight excluding hydrogens is 212 g/mol. The lowest BCUT2D eigenvalue weighted by molar-refractivity contribution is 0.182. The van der Waals surface area contributed by atoms with Crippen molar-refractivity contribution in [3.05, 3.63) is 35.4 Å². The lowest BCUT2D eigenvalue weighted by Crippen LogP contribution is -2.24. The maximum Gasteiger partial charge on any atom is 0.130 e. The summed E-state index contributed by atoms with van der Waals surface area (Å²) in [6.07, 6.45) is 0.144. The van der Waals surface area contributed by atoms with Crippen LogP contribution in [-0.4, -0.2) is 17.8 Å². The summed E-state index contributed by atoms with van der Waals surface area (Å²) in [6.45, 7) is 3.90. The summed E-state index contributed by atoms with van der Waals surface area (Å²) in [6, 6.07) is 3.42. The summed E-state index contributed by atoms with van der Waals surface area (Å²) in [7, 11) is 0. The van der Waals surface area contributed by atoms with E-state index in [-0.39, 0.29) is 5.56 Å². The highest BCUT2D eigenvalue weighted by Crippen LogP contribution is 2.19. The lowest BCUT2D eigenvalue weighted by Gasteiger charge is -2.16. The molecule has 90 valence electrons. The van der Waals surface area contributed by atoms with Crippen LogP contribution in [0.4, 0.5) is 8.78 Å². The Kier molecular flexibility index (Phi) is 4.83. The van der Waals surface area contributed by atoms with Crippen molar-refractivity contribution in [3.63, 3.8) is 0 Å². The molecule has 0 saturated carbocycles. The molecule has 1 aromatic rings. The van der Waals surface area contributed by atoms with Gasteiger partial charge >= 0.3 is 0 Å². The standard InChI is InChI=1S/C12H17F2NO/c1-8(16)6-7-15-9(2)12-10(13)4-3-5-11(12)14/h3-5,8-9,15-16H,6-7H2,1-2H3. The molecule has 2 N–H and O–H groups in total. The first-order valence-electron chi connectivity index (χ1n) is 5.37. The van der Waals surface area contributed by atoms with Crippen molar-refractivity contribution in [2.24, 2.45) is 0 Å². The van der Waals surface area contributed by atoms with Crippen LogP contribution in [-0.2, 0) is 0 Å². The van der Waals surface area contributed by atoms with Crippen LogP contribution < -0.4 is 5.32 Å². The van der Waals surface area contributed by atoms with Gasteiger partial charge in [-0.1, -0.05) is 6.07 Å². The number of rotatable bonds is 5. The molecule has 4 heteroatoms. The quantitative estimate of drug-likeness (QED) is 0.812. The minimum atomic E-state index is -0.544. The van der Waals surface area contributed by atoms with Gasteiger partial charge in [-0.25, -0.2) is 8.78 Å². The molecule has 1 rings (SSSR count). The van der Waals surface area contributed by atoms with Crippen LogP contribution in [0.1, 0.15) is 31.9 Å². The molecule has 0 aliphatic rings. The summed E-state index contributed by atoms with van der Waals surface area (Å²) >= 11 is 0. The Morgan fingerprint density at radius 3 is 2.31 bits per heavy atom. The second-order valence-electron chi connectivity index (χ2n) is 3.95. The third kappa shape index (κ3) is 3.54. The van der Waals surface area contributed by atoms with Crippen molar-refractivity contribution < 1.29 is 13.9 Å². The smallest absolute Gasteiger partial charge is 0.130 e. The van der Waals surface area contributed by atoms with E-state index in [0.29, 0.717) is 13.0 Å². The summed E-state index contributed by atoms with van der Waals surface area (Å²) < 4.78 is 26.7. The van der Waals surface area contributed by atoms with Gasteiger partial charge in [0.2, 0.25) is 0 Å². The second-order valence-corrected chi connectivity index (χ2v) is 3.95. The molecule has 2 unspecified atom stereocenters. The Labute approximate surface area is 94.3 Å². The highest BCUT2D eigenvalue weighted by atomic mass is 19.1. The minimum Gasteiger partial charge on any atom is -0.393 e. The highest BCUT2D eigenvalue weighted by Gasteiger charge is 2.15. The topological polar surface area (TPSA) is 32.3 Å². The van der Waals surface area contributed by atoms with E-state index in [4.69, 9.17) is 5.11 Å². The number of hydrogen-bond acceptors (Lipinski definition) is 2. The van der Waals surface area contributed by atoms with Crippen molar-refractivity contribution in [1.29, 1.82) is 0 Å². The maximum absolute atomic E-state index is 13.4. The van der Waals surface area contributed by atoms with E-state index in [2.05, 4.69) is 5.32 Å². The van der Waals surface area contributed by atoms with E-state index in [1.807, 2.05) is 0 Å². The molecule has 16 heavy (non-hydrogen) atoms.